The third-order valence-corrected chi connectivity index (χ3v) is 5.52. The summed E-state index contributed by atoms with van der Waals surface area (Å²) in [6, 6.07) is 7.24. The number of aryl methyl sites for hydroxylation is 1. The van der Waals surface area contributed by atoms with Crippen LogP contribution in [0.1, 0.15) is 31.4 Å². The van der Waals surface area contributed by atoms with Crippen molar-refractivity contribution >= 4 is 35.0 Å². The summed E-state index contributed by atoms with van der Waals surface area (Å²) in [4.78, 5) is 25.9. The van der Waals surface area contributed by atoms with Gasteiger partial charge in [-0.15, -0.1) is 0 Å². The lowest BCUT2D eigenvalue weighted by atomic mass is 9.93. The Morgan fingerprint density at radius 2 is 2.13 bits per heavy atom. The molecule has 0 bridgehead atoms. The van der Waals surface area contributed by atoms with Crippen LogP contribution in [0.3, 0.4) is 0 Å². The fourth-order valence-electron chi connectivity index (χ4n) is 3.73. The number of methoxy groups -OCH3 is 1. The molecule has 1 saturated heterocycles. The molecule has 1 amide bonds. The first-order valence-electron chi connectivity index (χ1n) is 10.3. The largest absolute Gasteiger partial charge is 0.495 e. The van der Waals surface area contributed by atoms with Gasteiger partial charge < -0.3 is 19.9 Å². The molecule has 2 aromatic rings. The fraction of sp³-hybridized carbons (Fsp3) is 0.500. The van der Waals surface area contributed by atoms with Crippen molar-refractivity contribution in [2.24, 2.45) is 5.92 Å². The maximum absolute atomic E-state index is 12.5. The molecule has 1 N–H and O–H groups in total. The van der Waals surface area contributed by atoms with Crippen molar-refractivity contribution in [3.8, 4) is 5.75 Å². The Morgan fingerprint density at radius 3 is 2.87 bits per heavy atom. The van der Waals surface area contributed by atoms with Crippen molar-refractivity contribution in [3.63, 3.8) is 0 Å². The van der Waals surface area contributed by atoms with E-state index in [0.717, 1.165) is 49.8 Å². The van der Waals surface area contributed by atoms with Gasteiger partial charge in [0.2, 0.25) is 11.9 Å². The second kappa shape index (κ2) is 9.98. The van der Waals surface area contributed by atoms with Crippen molar-refractivity contribution in [2.75, 3.05) is 49.4 Å². The van der Waals surface area contributed by atoms with E-state index >= 15 is 0 Å². The highest BCUT2D eigenvalue weighted by Crippen LogP contribution is 2.29. The first kappa shape index (κ1) is 22.2. The van der Waals surface area contributed by atoms with Crippen LogP contribution in [0.15, 0.2) is 24.3 Å². The minimum Gasteiger partial charge on any atom is -0.495 e. The summed E-state index contributed by atoms with van der Waals surface area (Å²) < 4.78 is 5.30. The molecule has 1 unspecified atom stereocenters. The van der Waals surface area contributed by atoms with Gasteiger partial charge in [-0.2, -0.15) is 4.98 Å². The van der Waals surface area contributed by atoms with Crippen molar-refractivity contribution in [2.45, 2.75) is 32.6 Å². The second-order valence-corrected chi connectivity index (χ2v) is 8.38. The van der Waals surface area contributed by atoms with Gasteiger partial charge in [-0.05, 0) is 50.3 Å². The van der Waals surface area contributed by atoms with Crippen LogP contribution in [-0.4, -0.2) is 50.2 Å². The molecule has 2 heterocycles. The molecule has 0 radical (unpaired) electrons. The lowest BCUT2D eigenvalue weighted by Crippen LogP contribution is -2.36. The summed E-state index contributed by atoms with van der Waals surface area (Å²) in [5, 5.41) is 3.49. The molecule has 1 aromatic carbocycles. The number of nitrogens with zero attached hydrogens (tertiary/aromatic N) is 4. The van der Waals surface area contributed by atoms with Gasteiger partial charge >= 0.3 is 0 Å². The van der Waals surface area contributed by atoms with Crippen molar-refractivity contribution in [1.82, 2.24) is 9.97 Å². The number of benzene rings is 1. The number of piperidine rings is 1. The van der Waals surface area contributed by atoms with Crippen molar-refractivity contribution < 1.29 is 9.53 Å². The van der Waals surface area contributed by atoms with Crippen LogP contribution in [-0.2, 0) is 4.79 Å². The number of anilines is 3. The number of ether oxygens (including phenoxy) is 1. The van der Waals surface area contributed by atoms with Gasteiger partial charge in [-0.1, -0.05) is 11.6 Å². The molecule has 1 atom stereocenters. The Labute approximate surface area is 183 Å². The number of hydrogen-bond acceptors (Lipinski definition) is 6. The number of carbonyl (C=O) groups excluding carboxylic acids is 1. The molecule has 1 aromatic heterocycles. The summed E-state index contributed by atoms with van der Waals surface area (Å²) in [6.45, 7) is 3.87. The van der Waals surface area contributed by atoms with E-state index < -0.39 is 0 Å². The van der Waals surface area contributed by atoms with Crippen LogP contribution >= 0.6 is 11.6 Å². The number of amides is 1. The van der Waals surface area contributed by atoms with E-state index in [2.05, 4.69) is 15.2 Å². The Kier molecular flexibility index (Phi) is 7.37. The number of aromatic nitrogens is 2. The minimum absolute atomic E-state index is 0.0273. The number of nitrogens with one attached hydrogen (secondary N) is 1. The van der Waals surface area contributed by atoms with E-state index in [1.807, 2.05) is 32.0 Å². The molecule has 162 valence electrons. The average Bonchev–Trinajstić information content (AvgIpc) is 2.72. The summed E-state index contributed by atoms with van der Waals surface area (Å²) in [7, 11) is 5.47. The predicted octanol–water partition coefficient (Wildman–Crippen LogP) is 4.15. The van der Waals surface area contributed by atoms with Crippen LogP contribution in [0.4, 0.5) is 17.5 Å². The second-order valence-electron chi connectivity index (χ2n) is 7.95. The summed E-state index contributed by atoms with van der Waals surface area (Å²) in [5.74, 6) is 2.71. The first-order valence-corrected chi connectivity index (χ1v) is 10.6. The lowest BCUT2D eigenvalue weighted by molar-refractivity contribution is -0.116. The van der Waals surface area contributed by atoms with Crippen LogP contribution in [0, 0.1) is 12.8 Å². The summed E-state index contributed by atoms with van der Waals surface area (Å²) in [5.41, 5.74) is 1.56. The molecule has 3 rings (SSSR count). The van der Waals surface area contributed by atoms with Gasteiger partial charge in [0.1, 0.15) is 11.6 Å². The number of hydrogen-bond donors (Lipinski definition) is 1. The van der Waals surface area contributed by atoms with Gasteiger partial charge in [0, 0.05) is 50.4 Å². The Bertz CT molecular complexity index is 890. The highest BCUT2D eigenvalue weighted by Gasteiger charge is 2.23. The molecule has 30 heavy (non-hydrogen) atoms. The molecule has 1 aliphatic rings. The first-order chi connectivity index (χ1) is 14.4. The van der Waals surface area contributed by atoms with Crippen LogP contribution in [0.5, 0.6) is 5.75 Å². The van der Waals surface area contributed by atoms with E-state index in [1.165, 1.54) is 0 Å². The highest BCUT2D eigenvalue weighted by atomic mass is 35.5. The van der Waals surface area contributed by atoms with E-state index in [9.17, 15) is 4.79 Å². The lowest BCUT2D eigenvalue weighted by Gasteiger charge is -2.34. The van der Waals surface area contributed by atoms with Gasteiger partial charge in [-0.3, -0.25) is 4.79 Å². The quantitative estimate of drug-likeness (QED) is 0.710. The SMILES string of the molecule is COc1ccc(Cl)cc1NC(=O)CCC1CCCN(c2cc(C)nc(N(C)C)n2)C1. The zero-order valence-electron chi connectivity index (χ0n) is 18.1. The fourth-order valence-corrected chi connectivity index (χ4v) is 3.91. The Hall–Kier alpha value is -2.54. The minimum atomic E-state index is -0.0273. The zero-order valence-corrected chi connectivity index (χ0v) is 18.9. The molecule has 7 nitrogen and oxygen atoms in total. The highest BCUT2D eigenvalue weighted by molar-refractivity contribution is 6.31. The van der Waals surface area contributed by atoms with Crippen molar-refractivity contribution in [3.05, 3.63) is 35.0 Å². The van der Waals surface area contributed by atoms with E-state index in [4.69, 9.17) is 21.3 Å². The molecule has 0 spiro atoms. The van der Waals surface area contributed by atoms with Crippen LogP contribution in [0.25, 0.3) is 0 Å². The predicted molar refractivity (Wildman–Crippen MR) is 122 cm³/mol. The number of halogens is 1. The van der Waals surface area contributed by atoms with Crippen LogP contribution in [0.2, 0.25) is 5.02 Å². The molecular formula is C22H30ClN5O2. The topological polar surface area (TPSA) is 70.6 Å². The molecule has 0 saturated carbocycles. The maximum Gasteiger partial charge on any atom is 0.226 e. The molecule has 0 aliphatic carbocycles. The number of rotatable bonds is 7. The average molecular weight is 432 g/mol. The number of carbonyl (C=O) groups is 1. The molecule has 8 heteroatoms. The van der Waals surface area contributed by atoms with Crippen LogP contribution < -0.4 is 19.9 Å². The monoisotopic (exact) mass is 431 g/mol. The third-order valence-electron chi connectivity index (χ3n) is 5.29. The molecular weight excluding hydrogens is 402 g/mol. The maximum atomic E-state index is 12.5. The van der Waals surface area contributed by atoms with E-state index in [-0.39, 0.29) is 5.91 Å². The standard InChI is InChI=1S/C22H30ClN5O2/c1-15-12-20(26-22(24-15)27(2)3)28-11-5-6-16(14-28)7-10-21(29)25-18-13-17(23)8-9-19(18)30-4/h8-9,12-13,16H,5-7,10-11,14H2,1-4H3,(H,25,29). The zero-order chi connectivity index (χ0) is 21.7. The van der Waals surface area contributed by atoms with Gasteiger partial charge in [-0.25, -0.2) is 4.98 Å². The normalized spacial score (nSPS) is 16.3. The Balaban J connectivity index is 1.58. The Morgan fingerprint density at radius 1 is 1.33 bits per heavy atom. The summed E-state index contributed by atoms with van der Waals surface area (Å²) in [6.07, 6.45) is 3.50. The van der Waals surface area contributed by atoms with Gasteiger partial charge in [0.25, 0.3) is 0 Å². The van der Waals surface area contributed by atoms with Crippen molar-refractivity contribution in [1.29, 1.82) is 0 Å². The van der Waals surface area contributed by atoms with Gasteiger partial charge in [0.05, 0.1) is 12.8 Å². The molecule has 1 fully saturated rings. The summed E-state index contributed by atoms with van der Waals surface area (Å²) >= 11 is 6.05. The third kappa shape index (κ3) is 5.75. The van der Waals surface area contributed by atoms with E-state index in [0.29, 0.717) is 28.8 Å². The van der Waals surface area contributed by atoms with E-state index in [1.54, 1.807) is 25.3 Å². The van der Waals surface area contributed by atoms with Gasteiger partial charge in [0.15, 0.2) is 0 Å². The smallest absolute Gasteiger partial charge is 0.226 e. The molecule has 1 aliphatic heterocycles.